The molecule has 15 heavy (non-hydrogen) atoms. The van der Waals surface area contributed by atoms with E-state index in [1.165, 1.54) is 5.56 Å². The Kier molecular flexibility index (Phi) is 3.09. The Hall–Kier alpha value is -1.25. The Morgan fingerprint density at radius 1 is 1.40 bits per heavy atom. The second-order valence-electron chi connectivity index (χ2n) is 4.23. The summed E-state index contributed by atoms with van der Waals surface area (Å²) in [6.07, 6.45) is 1.55. The van der Waals surface area contributed by atoms with Crippen molar-refractivity contribution in [3.8, 4) is 0 Å². The van der Waals surface area contributed by atoms with Crippen LogP contribution in [0.4, 0.5) is 0 Å². The first-order chi connectivity index (χ1) is 7.25. The zero-order valence-electron chi connectivity index (χ0n) is 9.02. The molecular formula is C12H15BNO. The van der Waals surface area contributed by atoms with Gasteiger partial charge in [-0.1, -0.05) is 42.8 Å². The van der Waals surface area contributed by atoms with Crippen molar-refractivity contribution in [1.29, 1.82) is 0 Å². The van der Waals surface area contributed by atoms with E-state index in [0.29, 0.717) is 12.3 Å². The first kappa shape index (κ1) is 10.3. The predicted molar refractivity (Wildman–Crippen MR) is 61.4 cm³/mol. The third kappa shape index (κ3) is 2.61. The third-order valence-electron chi connectivity index (χ3n) is 2.74. The van der Waals surface area contributed by atoms with Crippen molar-refractivity contribution < 1.29 is 4.79 Å². The van der Waals surface area contributed by atoms with Gasteiger partial charge >= 0.3 is 0 Å². The Balaban J connectivity index is 1.86. The Morgan fingerprint density at radius 3 is 2.73 bits per heavy atom. The molecule has 1 aromatic rings. The van der Waals surface area contributed by atoms with Gasteiger partial charge in [0.2, 0.25) is 5.91 Å². The van der Waals surface area contributed by atoms with E-state index in [2.05, 4.69) is 19.1 Å². The van der Waals surface area contributed by atoms with E-state index in [4.69, 9.17) is 0 Å². The van der Waals surface area contributed by atoms with Crippen molar-refractivity contribution in [3.63, 3.8) is 0 Å². The molecule has 77 valence electrons. The monoisotopic (exact) mass is 200 g/mol. The van der Waals surface area contributed by atoms with E-state index in [1.807, 2.05) is 30.4 Å². The smallest absolute Gasteiger partial charge is 0.254 e. The third-order valence-corrected chi connectivity index (χ3v) is 2.74. The topological polar surface area (TPSA) is 20.3 Å². The van der Waals surface area contributed by atoms with Gasteiger partial charge in [0.1, 0.15) is 0 Å². The molecule has 3 heteroatoms. The van der Waals surface area contributed by atoms with Crippen LogP contribution in [0, 0.1) is 5.92 Å². The highest BCUT2D eigenvalue weighted by Crippen LogP contribution is 2.16. The zero-order chi connectivity index (χ0) is 10.7. The van der Waals surface area contributed by atoms with Gasteiger partial charge in [-0.2, -0.15) is 0 Å². The van der Waals surface area contributed by atoms with Gasteiger partial charge in [0, 0.05) is 13.0 Å². The average molecular weight is 200 g/mol. The Labute approximate surface area is 91.5 Å². The van der Waals surface area contributed by atoms with Crippen molar-refractivity contribution in [2.45, 2.75) is 19.7 Å². The number of amides is 1. The molecule has 1 amide bonds. The minimum Gasteiger partial charge on any atom is -0.390 e. The molecule has 1 aliphatic rings. The molecule has 2 rings (SSSR count). The summed E-state index contributed by atoms with van der Waals surface area (Å²) in [6.45, 7) is 3.00. The molecule has 2 nitrogen and oxygen atoms in total. The van der Waals surface area contributed by atoms with Crippen LogP contribution in [0.5, 0.6) is 0 Å². The van der Waals surface area contributed by atoms with Crippen LogP contribution in [-0.2, 0) is 11.1 Å². The van der Waals surface area contributed by atoms with Crippen LogP contribution in [0.3, 0.4) is 0 Å². The second kappa shape index (κ2) is 4.52. The van der Waals surface area contributed by atoms with Gasteiger partial charge in [-0.05, 0) is 12.2 Å². The fraction of sp³-hybridized carbons (Fsp3) is 0.417. The standard InChI is InChI=1S/C12H15BNO/c1-10-7-12(15)14(9-10)13-8-11-5-3-2-4-6-11/h2-6,10H,7-9H2,1H3. The maximum atomic E-state index is 11.5. The first-order valence-electron chi connectivity index (χ1n) is 5.42. The van der Waals surface area contributed by atoms with Crippen LogP contribution in [0.2, 0.25) is 0 Å². The molecule has 0 spiro atoms. The number of nitrogens with zero attached hydrogens (tertiary/aromatic N) is 1. The molecule has 1 atom stereocenters. The molecule has 1 fully saturated rings. The second-order valence-corrected chi connectivity index (χ2v) is 4.23. The molecule has 1 saturated heterocycles. The molecule has 0 bridgehead atoms. The van der Waals surface area contributed by atoms with Crippen LogP contribution < -0.4 is 0 Å². The summed E-state index contributed by atoms with van der Waals surface area (Å²) in [6, 6.07) is 10.2. The van der Waals surface area contributed by atoms with E-state index in [9.17, 15) is 4.79 Å². The van der Waals surface area contributed by atoms with Crippen molar-refractivity contribution in [1.82, 2.24) is 4.81 Å². The number of hydrogen-bond acceptors (Lipinski definition) is 1. The van der Waals surface area contributed by atoms with Crippen LogP contribution in [-0.4, -0.2) is 24.7 Å². The van der Waals surface area contributed by atoms with Crippen LogP contribution in [0.1, 0.15) is 18.9 Å². The molecule has 0 N–H and O–H groups in total. The number of rotatable bonds is 3. The van der Waals surface area contributed by atoms with Crippen LogP contribution in [0.15, 0.2) is 30.3 Å². The Bertz CT molecular complexity index is 339. The number of hydrogen-bond donors (Lipinski definition) is 0. The van der Waals surface area contributed by atoms with E-state index in [-0.39, 0.29) is 5.91 Å². The van der Waals surface area contributed by atoms with Gasteiger partial charge in [-0.3, -0.25) is 4.79 Å². The van der Waals surface area contributed by atoms with Gasteiger partial charge in [0.05, 0.1) is 0 Å². The first-order valence-corrected chi connectivity index (χ1v) is 5.42. The van der Waals surface area contributed by atoms with Gasteiger partial charge in [-0.15, -0.1) is 0 Å². The summed E-state index contributed by atoms with van der Waals surface area (Å²) in [5, 5.41) is 0. The molecule has 1 aromatic carbocycles. The lowest BCUT2D eigenvalue weighted by Gasteiger charge is -2.14. The van der Waals surface area contributed by atoms with Gasteiger partial charge in [0.15, 0.2) is 0 Å². The minimum absolute atomic E-state index is 0.262. The quantitative estimate of drug-likeness (QED) is 0.679. The van der Waals surface area contributed by atoms with E-state index < -0.39 is 0 Å². The maximum absolute atomic E-state index is 11.5. The molecule has 0 aliphatic carbocycles. The Morgan fingerprint density at radius 2 is 2.13 bits per heavy atom. The lowest BCUT2D eigenvalue weighted by molar-refractivity contribution is -0.124. The summed E-state index contributed by atoms with van der Waals surface area (Å²) in [7, 11) is 2.02. The highest BCUT2D eigenvalue weighted by molar-refractivity contribution is 6.36. The van der Waals surface area contributed by atoms with Gasteiger partial charge < -0.3 is 4.81 Å². The SMILES string of the molecule is CC1CC(=O)N([B]Cc2ccccc2)C1. The van der Waals surface area contributed by atoms with Crippen molar-refractivity contribution in [2.24, 2.45) is 5.92 Å². The van der Waals surface area contributed by atoms with Gasteiger partial charge in [-0.25, -0.2) is 0 Å². The molecule has 1 unspecified atom stereocenters. The van der Waals surface area contributed by atoms with Crippen LogP contribution >= 0.6 is 0 Å². The lowest BCUT2D eigenvalue weighted by Crippen LogP contribution is -2.30. The van der Waals surface area contributed by atoms with Crippen LogP contribution in [0.25, 0.3) is 0 Å². The summed E-state index contributed by atoms with van der Waals surface area (Å²) in [4.78, 5) is 13.4. The molecule has 1 aliphatic heterocycles. The van der Waals surface area contributed by atoms with E-state index in [0.717, 1.165) is 12.9 Å². The summed E-state index contributed by atoms with van der Waals surface area (Å²) in [5.74, 6) is 0.767. The molecule has 0 saturated carbocycles. The van der Waals surface area contributed by atoms with E-state index in [1.54, 1.807) is 0 Å². The highest BCUT2D eigenvalue weighted by atomic mass is 16.2. The van der Waals surface area contributed by atoms with E-state index >= 15 is 0 Å². The normalized spacial score (nSPS) is 20.7. The van der Waals surface area contributed by atoms with Gasteiger partial charge in [0.25, 0.3) is 7.41 Å². The summed E-state index contributed by atoms with van der Waals surface area (Å²) in [5.41, 5.74) is 1.25. The lowest BCUT2D eigenvalue weighted by atomic mass is 9.82. The maximum Gasteiger partial charge on any atom is 0.254 e. The largest absolute Gasteiger partial charge is 0.390 e. The fourth-order valence-corrected chi connectivity index (χ4v) is 1.92. The average Bonchev–Trinajstić information content (AvgIpc) is 2.56. The van der Waals surface area contributed by atoms with Crippen molar-refractivity contribution in [3.05, 3.63) is 35.9 Å². The predicted octanol–water partition coefficient (Wildman–Crippen LogP) is 1.67. The highest BCUT2D eigenvalue weighted by Gasteiger charge is 2.25. The number of benzene rings is 1. The molecule has 0 aromatic heterocycles. The fourth-order valence-electron chi connectivity index (χ4n) is 1.92. The summed E-state index contributed by atoms with van der Waals surface area (Å²) >= 11 is 0. The molecule has 1 radical (unpaired) electrons. The van der Waals surface area contributed by atoms with Crippen molar-refractivity contribution in [2.75, 3.05) is 6.54 Å². The summed E-state index contributed by atoms with van der Waals surface area (Å²) < 4.78 is 0. The number of carbonyl (C=O) groups is 1. The minimum atomic E-state index is 0.262. The molecule has 1 heterocycles. The van der Waals surface area contributed by atoms with Crippen molar-refractivity contribution >= 4 is 13.3 Å². The molecular weight excluding hydrogens is 185 g/mol. The number of carbonyl (C=O) groups excluding carboxylic acids is 1. The zero-order valence-corrected chi connectivity index (χ0v) is 9.02.